The lowest BCUT2D eigenvalue weighted by atomic mass is 10.0. The van der Waals surface area contributed by atoms with Crippen molar-refractivity contribution in [1.29, 1.82) is 0 Å². The van der Waals surface area contributed by atoms with Crippen molar-refractivity contribution in [3.63, 3.8) is 0 Å². The lowest BCUT2D eigenvalue weighted by Crippen LogP contribution is -2.52. The zero-order valence-electron chi connectivity index (χ0n) is 27.7. The largest absolute Gasteiger partial charge is 0.481 e. The summed E-state index contributed by atoms with van der Waals surface area (Å²) in [5.41, 5.74) is 0. The van der Waals surface area contributed by atoms with Gasteiger partial charge in [-0.3, -0.25) is 14.4 Å². The lowest BCUT2D eigenvalue weighted by molar-refractivity contribution is -0.929. The van der Waals surface area contributed by atoms with Gasteiger partial charge >= 0.3 is 17.9 Å². The predicted octanol–water partition coefficient (Wildman–Crippen LogP) is 8.95. The monoisotopic (exact) mass is 596 g/mol. The molecule has 42 heavy (non-hydrogen) atoms. The lowest BCUT2D eigenvalue weighted by Gasteiger charge is -2.40. The summed E-state index contributed by atoms with van der Waals surface area (Å²) in [6.07, 6.45) is 26.4. The van der Waals surface area contributed by atoms with E-state index in [1.807, 2.05) is 0 Å². The second kappa shape index (κ2) is 25.6. The van der Waals surface area contributed by atoms with E-state index in [4.69, 9.17) is 0 Å². The standard InChI is InChI=1S/C35H65NO6/c1-5-6-7-8-9-10-11-12-13-14-15-16-17-18-19-20-21-22-26-36(27-23-30(2)33(37)38,28-24-31(3)34(39)40)29-25-32(4)35(41)42/h16-17,30-32H,5-15,18-29H2,1-4H3,(H2-,37,38,39,40,41,42)/p+1/b17-16+. The fraction of sp³-hybridized carbons (Fsp3) is 0.857. The first-order valence-electron chi connectivity index (χ1n) is 17.2. The third-order valence-electron chi connectivity index (χ3n) is 9.02. The highest BCUT2D eigenvalue weighted by Gasteiger charge is 2.31. The predicted molar refractivity (Wildman–Crippen MR) is 173 cm³/mol. The molecule has 0 aromatic carbocycles. The van der Waals surface area contributed by atoms with Gasteiger partial charge in [0.15, 0.2) is 0 Å². The van der Waals surface area contributed by atoms with E-state index < -0.39 is 35.7 Å². The minimum atomic E-state index is -0.827. The number of carboxylic acid groups (broad SMARTS) is 3. The molecule has 0 aliphatic carbocycles. The number of rotatable bonds is 30. The number of allylic oxidation sites excluding steroid dienone is 2. The summed E-state index contributed by atoms with van der Waals surface area (Å²) < 4.78 is 0.603. The van der Waals surface area contributed by atoms with Gasteiger partial charge in [0.05, 0.1) is 43.9 Å². The molecule has 0 radical (unpaired) electrons. The summed E-state index contributed by atoms with van der Waals surface area (Å²) in [7, 11) is 0. The van der Waals surface area contributed by atoms with Crippen LogP contribution < -0.4 is 0 Å². The van der Waals surface area contributed by atoms with Crippen LogP contribution >= 0.6 is 0 Å². The van der Waals surface area contributed by atoms with Crippen LogP contribution in [0.15, 0.2) is 12.2 Å². The Morgan fingerprint density at radius 2 is 0.810 bits per heavy atom. The van der Waals surface area contributed by atoms with Crippen LogP contribution in [0.5, 0.6) is 0 Å². The molecule has 0 aromatic rings. The van der Waals surface area contributed by atoms with Gasteiger partial charge in [0.25, 0.3) is 0 Å². The highest BCUT2D eigenvalue weighted by atomic mass is 16.4. The number of aliphatic carboxylic acids is 3. The van der Waals surface area contributed by atoms with Crippen LogP contribution in [0, 0.1) is 17.8 Å². The van der Waals surface area contributed by atoms with E-state index in [2.05, 4.69) is 19.1 Å². The van der Waals surface area contributed by atoms with Crippen LogP contribution in [0.3, 0.4) is 0 Å². The smallest absolute Gasteiger partial charge is 0.306 e. The molecule has 3 unspecified atom stereocenters. The van der Waals surface area contributed by atoms with Crippen molar-refractivity contribution in [2.75, 3.05) is 26.2 Å². The highest BCUT2D eigenvalue weighted by molar-refractivity contribution is 5.70. The Balaban J connectivity index is 4.56. The molecule has 0 aliphatic heterocycles. The number of quaternary nitrogens is 1. The quantitative estimate of drug-likeness (QED) is 0.0433. The van der Waals surface area contributed by atoms with Gasteiger partial charge in [-0.1, -0.05) is 104 Å². The topological polar surface area (TPSA) is 112 Å². The van der Waals surface area contributed by atoms with Gasteiger partial charge in [0, 0.05) is 19.3 Å². The molecule has 7 heteroatoms. The summed E-state index contributed by atoms with van der Waals surface area (Å²) >= 11 is 0. The van der Waals surface area contributed by atoms with Gasteiger partial charge in [-0.25, -0.2) is 0 Å². The number of nitrogens with zero attached hydrogens (tertiary/aromatic N) is 1. The van der Waals surface area contributed by atoms with E-state index >= 15 is 0 Å². The van der Waals surface area contributed by atoms with Crippen molar-refractivity contribution in [2.24, 2.45) is 17.8 Å². The first-order valence-corrected chi connectivity index (χ1v) is 17.2. The molecular formula is C35H66NO6+. The van der Waals surface area contributed by atoms with Crippen molar-refractivity contribution in [3.05, 3.63) is 12.2 Å². The Morgan fingerprint density at radius 1 is 0.500 bits per heavy atom. The Kier molecular flexibility index (Phi) is 24.4. The van der Waals surface area contributed by atoms with Crippen LogP contribution in [0.4, 0.5) is 0 Å². The highest BCUT2D eigenvalue weighted by Crippen LogP contribution is 2.22. The maximum Gasteiger partial charge on any atom is 0.306 e. The summed E-state index contributed by atoms with van der Waals surface area (Å²) in [6, 6.07) is 0. The number of hydrogen-bond acceptors (Lipinski definition) is 3. The van der Waals surface area contributed by atoms with Crippen molar-refractivity contribution in [1.82, 2.24) is 0 Å². The van der Waals surface area contributed by atoms with Crippen molar-refractivity contribution in [2.45, 2.75) is 150 Å². The molecule has 0 amide bonds. The zero-order valence-corrected chi connectivity index (χ0v) is 27.7. The van der Waals surface area contributed by atoms with Crippen molar-refractivity contribution >= 4 is 17.9 Å². The third-order valence-corrected chi connectivity index (χ3v) is 9.02. The minimum absolute atomic E-state index is 0.483. The molecule has 0 heterocycles. The fourth-order valence-corrected chi connectivity index (χ4v) is 5.49. The van der Waals surface area contributed by atoms with E-state index in [1.54, 1.807) is 20.8 Å². The zero-order chi connectivity index (χ0) is 31.6. The van der Waals surface area contributed by atoms with Gasteiger partial charge in [-0.2, -0.15) is 0 Å². The van der Waals surface area contributed by atoms with Gasteiger partial charge in [0.2, 0.25) is 0 Å². The molecule has 0 aromatic heterocycles. The molecule has 0 fully saturated rings. The molecule has 3 N–H and O–H groups in total. The van der Waals surface area contributed by atoms with Gasteiger partial charge in [-0.05, 0) is 38.5 Å². The summed E-state index contributed by atoms with van der Waals surface area (Å²) in [4.78, 5) is 34.5. The van der Waals surface area contributed by atoms with Crippen LogP contribution in [-0.2, 0) is 14.4 Å². The fourth-order valence-electron chi connectivity index (χ4n) is 5.49. The minimum Gasteiger partial charge on any atom is -0.481 e. The molecule has 7 nitrogen and oxygen atoms in total. The van der Waals surface area contributed by atoms with E-state index in [0.29, 0.717) is 43.4 Å². The number of hydrogen-bond donors (Lipinski definition) is 3. The molecule has 0 aliphatic rings. The van der Waals surface area contributed by atoms with Gasteiger partial charge < -0.3 is 19.8 Å². The Labute approximate surface area is 257 Å². The van der Waals surface area contributed by atoms with Gasteiger partial charge in [-0.15, -0.1) is 0 Å². The maximum atomic E-state index is 11.5. The molecule has 0 saturated carbocycles. The SMILES string of the molecule is CCCCCCCCCCCC/C=C/CCCCCC[N+](CCC(C)C(=O)O)(CCC(C)C(=O)O)CCC(C)C(=O)O. The normalized spacial score (nSPS) is 15.3. The first kappa shape index (κ1) is 40.1. The molecule has 246 valence electrons. The number of unbranched alkanes of at least 4 members (excludes halogenated alkanes) is 14. The van der Waals surface area contributed by atoms with E-state index in [0.717, 1.165) is 38.6 Å². The molecule has 0 rings (SSSR count). The van der Waals surface area contributed by atoms with Crippen LogP contribution in [-0.4, -0.2) is 63.9 Å². The second-order valence-electron chi connectivity index (χ2n) is 13.0. The molecular weight excluding hydrogens is 530 g/mol. The molecule has 0 spiro atoms. The van der Waals surface area contributed by atoms with E-state index in [-0.39, 0.29) is 0 Å². The van der Waals surface area contributed by atoms with Crippen molar-refractivity contribution < 1.29 is 34.2 Å². The Morgan fingerprint density at radius 3 is 1.14 bits per heavy atom. The Hall–Kier alpha value is -1.89. The number of carboxylic acids is 3. The van der Waals surface area contributed by atoms with Crippen molar-refractivity contribution in [3.8, 4) is 0 Å². The maximum absolute atomic E-state index is 11.5. The van der Waals surface area contributed by atoms with E-state index in [1.165, 1.54) is 70.6 Å². The summed E-state index contributed by atoms with van der Waals surface area (Å²) in [6.45, 7) is 10.1. The Bertz CT molecular complexity index is 677. The summed E-state index contributed by atoms with van der Waals surface area (Å²) in [5.74, 6) is -3.93. The van der Waals surface area contributed by atoms with Crippen LogP contribution in [0.25, 0.3) is 0 Å². The average molecular weight is 597 g/mol. The molecule has 0 saturated heterocycles. The molecule has 0 bridgehead atoms. The van der Waals surface area contributed by atoms with Crippen LogP contribution in [0.2, 0.25) is 0 Å². The average Bonchev–Trinajstić information content (AvgIpc) is 2.96. The van der Waals surface area contributed by atoms with Gasteiger partial charge in [0.1, 0.15) is 0 Å². The second-order valence-corrected chi connectivity index (χ2v) is 13.0. The summed E-state index contributed by atoms with van der Waals surface area (Å²) in [5, 5.41) is 28.3. The van der Waals surface area contributed by atoms with E-state index in [9.17, 15) is 29.7 Å². The number of carbonyl (C=O) groups is 3. The van der Waals surface area contributed by atoms with Crippen LogP contribution in [0.1, 0.15) is 150 Å². The third kappa shape index (κ3) is 21.8. The first-order chi connectivity index (χ1) is 20.0. The molecule has 3 atom stereocenters.